The molecule has 0 aliphatic heterocycles. The molecule has 0 nitrogen and oxygen atoms in total. The van der Waals surface area contributed by atoms with E-state index in [0.29, 0.717) is 10.9 Å². The minimum absolute atomic E-state index is 0.544. The smallest absolute Gasteiger partial charge is 0.0452 e. The molecule has 1 unspecified atom stereocenters. The maximum Gasteiger partial charge on any atom is 0.0452 e. The second kappa shape index (κ2) is 5.14. The summed E-state index contributed by atoms with van der Waals surface area (Å²) >= 11 is 16.0. The predicted octanol–water partition coefficient (Wildman–Crippen LogP) is 4.10. The van der Waals surface area contributed by atoms with Gasteiger partial charge in [-0.1, -0.05) is 36.2 Å². The SMILES string of the molecule is CC(CS)Cc1ccc(Cl)cc1Cl. The standard InChI is InChI=1S/C10H12Cl2S/c1-7(6-13)4-8-2-3-9(11)5-10(8)12/h2-3,5,7,13H,4,6H2,1H3. The van der Waals surface area contributed by atoms with Crippen molar-refractivity contribution in [1.82, 2.24) is 0 Å². The topological polar surface area (TPSA) is 0 Å². The first-order chi connectivity index (χ1) is 6.13. The fraction of sp³-hybridized carbons (Fsp3) is 0.400. The largest absolute Gasteiger partial charge is 0.179 e. The van der Waals surface area contributed by atoms with Gasteiger partial charge in [0, 0.05) is 10.0 Å². The fourth-order valence-corrected chi connectivity index (χ4v) is 1.74. The summed E-state index contributed by atoms with van der Waals surface area (Å²) in [5.41, 5.74) is 1.15. The second-order valence-corrected chi connectivity index (χ2v) is 4.44. The van der Waals surface area contributed by atoms with Crippen molar-refractivity contribution in [3.63, 3.8) is 0 Å². The lowest BCUT2D eigenvalue weighted by Gasteiger charge is -2.09. The molecular formula is C10H12Cl2S. The molecule has 0 radical (unpaired) electrons. The maximum atomic E-state index is 6.02. The molecule has 1 aromatic carbocycles. The lowest BCUT2D eigenvalue weighted by molar-refractivity contribution is 0.660. The van der Waals surface area contributed by atoms with Gasteiger partial charge in [0.2, 0.25) is 0 Å². The molecule has 1 aromatic rings. The van der Waals surface area contributed by atoms with E-state index in [9.17, 15) is 0 Å². The Labute approximate surface area is 94.7 Å². The zero-order chi connectivity index (χ0) is 9.84. The third-order valence-electron chi connectivity index (χ3n) is 1.90. The average Bonchev–Trinajstić information content (AvgIpc) is 2.09. The number of rotatable bonds is 3. The summed E-state index contributed by atoms with van der Waals surface area (Å²) in [7, 11) is 0. The molecule has 0 aliphatic rings. The Morgan fingerprint density at radius 1 is 1.38 bits per heavy atom. The maximum absolute atomic E-state index is 6.02. The van der Waals surface area contributed by atoms with Crippen LogP contribution in [-0.2, 0) is 6.42 Å². The van der Waals surface area contributed by atoms with Gasteiger partial charge in [0.05, 0.1) is 0 Å². The van der Waals surface area contributed by atoms with Crippen molar-refractivity contribution in [3.8, 4) is 0 Å². The molecule has 1 atom stereocenters. The van der Waals surface area contributed by atoms with E-state index in [2.05, 4.69) is 19.6 Å². The van der Waals surface area contributed by atoms with Crippen molar-refractivity contribution in [2.75, 3.05) is 5.75 Å². The van der Waals surface area contributed by atoms with Gasteiger partial charge < -0.3 is 0 Å². The van der Waals surface area contributed by atoms with Crippen LogP contribution in [0.3, 0.4) is 0 Å². The van der Waals surface area contributed by atoms with Crippen LogP contribution in [-0.4, -0.2) is 5.75 Å². The van der Waals surface area contributed by atoms with E-state index >= 15 is 0 Å². The van der Waals surface area contributed by atoms with E-state index in [1.807, 2.05) is 12.1 Å². The van der Waals surface area contributed by atoms with E-state index in [0.717, 1.165) is 22.8 Å². The fourth-order valence-electron chi connectivity index (χ4n) is 1.13. The highest BCUT2D eigenvalue weighted by atomic mass is 35.5. The lowest BCUT2D eigenvalue weighted by Crippen LogP contribution is -2.01. The van der Waals surface area contributed by atoms with Crippen molar-refractivity contribution >= 4 is 35.8 Å². The molecule has 0 bridgehead atoms. The lowest BCUT2D eigenvalue weighted by atomic mass is 10.0. The molecular weight excluding hydrogens is 223 g/mol. The first-order valence-corrected chi connectivity index (χ1v) is 5.57. The van der Waals surface area contributed by atoms with Crippen molar-refractivity contribution < 1.29 is 0 Å². The first kappa shape index (κ1) is 11.2. The van der Waals surface area contributed by atoms with Gasteiger partial charge in [0.1, 0.15) is 0 Å². The summed E-state index contributed by atoms with van der Waals surface area (Å²) in [5.74, 6) is 1.42. The summed E-state index contributed by atoms with van der Waals surface area (Å²) < 4.78 is 0. The number of hydrogen-bond acceptors (Lipinski definition) is 1. The second-order valence-electron chi connectivity index (χ2n) is 3.23. The molecule has 0 amide bonds. The van der Waals surface area contributed by atoms with Gasteiger partial charge in [0.25, 0.3) is 0 Å². The summed E-state index contributed by atoms with van der Waals surface area (Å²) in [5, 5.41) is 1.44. The van der Waals surface area contributed by atoms with Crippen LogP contribution in [0.2, 0.25) is 10.0 Å². The first-order valence-electron chi connectivity index (χ1n) is 4.18. The molecule has 0 N–H and O–H groups in total. The van der Waals surface area contributed by atoms with Crippen molar-refractivity contribution in [3.05, 3.63) is 33.8 Å². The highest BCUT2D eigenvalue weighted by molar-refractivity contribution is 7.80. The van der Waals surface area contributed by atoms with Crippen molar-refractivity contribution in [1.29, 1.82) is 0 Å². The normalized spacial score (nSPS) is 12.9. The Morgan fingerprint density at radius 2 is 2.08 bits per heavy atom. The molecule has 0 aromatic heterocycles. The molecule has 0 heterocycles. The molecule has 72 valence electrons. The van der Waals surface area contributed by atoms with E-state index in [4.69, 9.17) is 23.2 Å². The molecule has 0 saturated carbocycles. The number of hydrogen-bond donors (Lipinski definition) is 1. The number of halogens is 2. The third kappa shape index (κ3) is 3.41. The molecule has 0 spiro atoms. The highest BCUT2D eigenvalue weighted by Crippen LogP contribution is 2.23. The summed E-state index contributed by atoms with van der Waals surface area (Å²) in [6.45, 7) is 2.15. The monoisotopic (exact) mass is 234 g/mol. The zero-order valence-electron chi connectivity index (χ0n) is 7.43. The van der Waals surface area contributed by atoms with Crippen molar-refractivity contribution in [2.24, 2.45) is 5.92 Å². The number of benzene rings is 1. The highest BCUT2D eigenvalue weighted by Gasteiger charge is 2.05. The van der Waals surface area contributed by atoms with Crippen LogP contribution < -0.4 is 0 Å². The Bertz CT molecular complexity index is 286. The number of thiol groups is 1. The van der Waals surface area contributed by atoms with Gasteiger partial charge in [-0.2, -0.15) is 12.6 Å². The molecule has 13 heavy (non-hydrogen) atoms. The van der Waals surface area contributed by atoms with Gasteiger partial charge >= 0.3 is 0 Å². The molecule has 0 aliphatic carbocycles. The van der Waals surface area contributed by atoms with Crippen LogP contribution in [0, 0.1) is 5.92 Å². The Kier molecular flexibility index (Phi) is 4.43. The predicted molar refractivity (Wildman–Crippen MR) is 63.2 cm³/mol. The van der Waals surface area contributed by atoms with Crippen LogP contribution in [0.5, 0.6) is 0 Å². The van der Waals surface area contributed by atoms with E-state index in [-0.39, 0.29) is 0 Å². The zero-order valence-corrected chi connectivity index (χ0v) is 9.83. The Balaban J connectivity index is 2.77. The van der Waals surface area contributed by atoms with Gasteiger partial charge in [-0.3, -0.25) is 0 Å². The van der Waals surface area contributed by atoms with E-state index in [1.165, 1.54) is 0 Å². The van der Waals surface area contributed by atoms with Gasteiger partial charge in [-0.15, -0.1) is 0 Å². The average molecular weight is 235 g/mol. The molecule has 0 saturated heterocycles. The summed E-state index contributed by atoms with van der Waals surface area (Å²) in [6, 6.07) is 5.63. The van der Waals surface area contributed by atoms with E-state index < -0.39 is 0 Å². The van der Waals surface area contributed by atoms with Gasteiger partial charge in [-0.05, 0) is 35.8 Å². The quantitative estimate of drug-likeness (QED) is 0.749. The van der Waals surface area contributed by atoms with Crippen LogP contribution in [0.1, 0.15) is 12.5 Å². The Morgan fingerprint density at radius 3 is 2.62 bits per heavy atom. The van der Waals surface area contributed by atoms with E-state index in [1.54, 1.807) is 6.07 Å². The minimum atomic E-state index is 0.544. The van der Waals surface area contributed by atoms with Crippen LogP contribution >= 0.6 is 35.8 Å². The summed E-state index contributed by atoms with van der Waals surface area (Å²) in [4.78, 5) is 0. The molecule has 3 heteroatoms. The van der Waals surface area contributed by atoms with Gasteiger partial charge in [-0.25, -0.2) is 0 Å². The van der Waals surface area contributed by atoms with Crippen LogP contribution in [0.25, 0.3) is 0 Å². The summed E-state index contributed by atoms with van der Waals surface area (Å²) in [6.07, 6.45) is 0.958. The minimum Gasteiger partial charge on any atom is -0.179 e. The third-order valence-corrected chi connectivity index (χ3v) is 3.11. The van der Waals surface area contributed by atoms with Crippen LogP contribution in [0.15, 0.2) is 18.2 Å². The Hall–Kier alpha value is 0.150. The van der Waals surface area contributed by atoms with Crippen LogP contribution in [0.4, 0.5) is 0 Å². The molecule has 1 rings (SSSR count). The van der Waals surface area contributed by atoms with Crippen molar-refractivity contribution in [2.45, 2.75) is 13.3 Å². The molecule has 0 fully saturated rings. The van der Waals surface area contributed by atoms with Gasteiger partial charge in [0.15, 0.2) is 0 Å².